The number of anilines is 1. The first-order valence-corrected chi connectivity index (χ1v) is 9.64. The number of urea groups is 1. The maximum atomic E-state index is 11.6. The molecule has 0 radical (unpaired) electrons. The summed E-state index contributed by atoms with van der Waals surface area (Å²) < 4.78 is 0. The molecule has 1 fully saturated rings. The number of nitriles is 1. The van der Waals surface area contributed by atoms with Gasteiger partial charge < -0.3 is 15.5 Å². The summed E-state index contributed by atoms with van der Waals surface area (Å²) in [5.74, 6) is 0.686. The van der Waals surface area contributed by atoms with Gasteiger partial charge in [-0.05, 0) is 29.8 Å². The summed E-state index contributed by atoms with van der Waals surface area (Å²) in [6.07, 6.45) is 1.47. The molecule has 2 N–H and O–H groups in total. The first-order valence-electron chi connectivity index (χ1n) is 8.89. The lowest BCUT2D eigenvalue weighted by Gasteiger charge is -2.38. The number of amides is 2. The zero-order chi connectivity index (χ0) is 20.5. The van der Waals surface area contributed by atoms with Gasteiger partial charge >= 0.3 is 6.03 Å². The lowest BCUT2D eigenvalue weighted by molar-refractivity contribution is 0.190. The minimum Gasteiger partial charge on any atom is -0.351 e. The van der Waals surface area contributed by atoms with E-state index in [0.29, 0.717) is 41.0 Å². The van der Waals surface area contributed by atoms with E-state index in [-0.39, 0.29) is 0 Å². The third kappa shape index (κ3) is 3.65. The fourth-order valence-electron chi connectivity index (χ4n) is 3.52. The van der Waals surface area contributed by atoms with Crippen LogP contribution in [0, 0.1) is 11.3 Å². The van der Waals surface area contributed by atoms with E-state index in [4.69, 9.17) is 28.9 Å². The number of rotatable bonds is 2. The molecule has 2 amide bonds. The average molecular weight is 427 g/mol. The van der Waals surface area contributed by atoms with Crippen LogP contribution in [0.25, 0.3) is 22.0 Å². The van der Waals surface area contributed by atoms with Crippen LogP contribution in [-0.4, -0.2) is 46.6 Å². The van der Waals surface area contributed by atoms with Crippen LogP contribution < -0.4 is 10.6 Å². The number of hydrogen-bond acceptors (Lipinski definition) is 5. The number of nitrogens with two attached hydrogens (primary N) is 1. The summed E-state index contributed by atoms with van der Waals surface area (Å²) in [5, 5.41) is 11.5. The van der Waals surface area contributed by atoms with Gasteiger partial charge in [-0.1, -0.05) is 35.3 Å². The second-order valence-corrected chi connectivity index (χ2v) is 7.52. The number of hydrogen-bond donors (Lipinski definition) is 1. The molecule has 7 nitrogen and oxygen atoms in total. The van der Waals surface area contributed by atoms with Crippen molar-refractivity contribution in [2.75, 3.05) is 24.5 Å². The number of carbonyl (C=O) groups is 1. The predicted octanol–water partition coefficient (Wildman–Crippen LogP) is 3.70. The van der Waals surface area contributed by atoms with E-state index in [0.717, 1.165) is 16.5 Å². The molecule has 0 aliphatic carbocycles. The topological polar surface area (TPSA) is 99.1 Å². The maximum Gasteiger partial charge on any atom is 0.315 e. The fourth-order valence-corrected chi connectivity index (χ4v) is 3.91. The van der Waals surface area contributed by atoms with Crippen LogP contribution >= 0.6 is 23.2 Å². The maximum absolute atomic E-state index is 11.6. The van der Waals surface area contributed by atoms with Gasteiger partial charge in [-0.3, -0.25) is 0 Å². The molecule has 29 heavy (non-hydrogen) atoms. The minimum atomic E-state index is -0.644. The van der Waals surface area contributed by atoms with Crippen molar-refractivity contribution in [3.8, 4) is 17.2 Å². The van der Waals surface area contributed by atoms with Crippen molar-refractivity contribution in [1.82, 2.24) is 14.9 Å². The first kappa shape index (κ1) is 19.2. The Kier molecular flexibility index (Phi) is 5.14. The largest absolute Gasteiger partial charge is 0.351 e. The lowest BCUT2D eigenvalue weighted by Crippen LogP contribution is -2.56. The summed E-state index contributed by atoms with van der Waals surface area (Å²) in [7, 11) is 0. The lowest BCUT2D eigenvalue weighted by atomic mass is 10.0. The normalized spacial score (nSPS) is 16.7. The number of piperazine rings is 1. The number of carbonyl (C=O) groups excluding carboxylic acids is 1. The molecule has 2 heterocycles. The van der Waals surface area contributed by atoms with E-state index in [1.54, 1.807) is 18.2 Å². The van der Waals surface area contributed by atoms with Crippen LogP contribution in [0.5, 0.6) is 0 Å². The van der Waals surface area contributed by atoms with Crippen molar-refractivity contribution < 1.29 is 4.79 Å². The minimum absolute atomic E-state index is 0.310. The third-order valence-corrected chi connectivity index (χ3v) is 5.54. The smallest absolute Gasteiger partial charge is 0.315 e. The van der Waals surface area contributed by atoms with Crippen molar-refractivity contribution >= 4 is 46.0 Å². The van der Waals surface area contributed by atoms with Gasteiger partial charge in [0.1, 0.15) is 18.2 Å². The van der Waals surface area contributed by atoms with Crippen LogP contribution in [0.15, 0.2) is 42.7 Å². The second kappa shape index (κ2) is 7.74. The molecule has 0 spiro atoms. The van der Waals surface area contributed by atoms with Crippen molar-refractivity contribution in [2.45, 2.75) is 6.04 Å². The SMILES string of the molecule is N#CC1CN(c2ncnc3cc(Cl)c(-c4ccc(Cl)cc4)cc23)CCN1C(N)=O. The average Bonchev–Trinajstić information content (AvgIpc) is 2.73. The summed E-state index contributed by atoms with van der Waals surface area (Å²) in [4.78, 5) is 23.7. The monoisotopic (exact) mass is 426 g/mol. The Hall–Kier alpha value is -3.08. The molecule has 1 saturated heterocycles. The third-order valence-electron chi connectivity index (χ3n) is 4.97. The molecule has 0 bridgehead atoms. The number of fused-ring (bicyclic) bond motifs is 1. The zero-order valence-corrected chi connectivity index (χ0v) is 16.7. The standard InChI is InChI=1S/C20H16Cl2N6O/c21-13-3-1-12(2-4-13)15-7-16-18(8-17(15)22)25-11-26-19(16)27-5-6-28(20(24)29)14(9-23)10-27/h1-4,7-8,11,14H,5-6,10H2,(H2,24,29). The highest BCUT2D eigenvalue weighted by Gasteiger charge is 2.30. The molecule has 1 unspecified atom stereocenters. The molecule has 1 aliphatic heterocycles. The molecular formula is C20H16Cl2N6O. The molecule has 146 valence electrons. The van der Waals surface area contributed by atoms with E-state index in [1.807, 2.05) is 23.1 Å². The Labute approximate surface area is 177 Å². The van der Waals surface area contributed by atoms with Crippen molar-refractivity contribution in [2.24, 2.45) is 5.73 Å². The molecule has 0 saturated carbocycles. The Morgan fingerprint density at radius 3 is 2.62 bits per heavy atom. The summed E-state index contributed by atoms with van der Waals surface area (Å²) in [6, 6.07) is 12.1. The van der Waals surface area contributed by atoms with E-state index in [2.05, 4.69) is 16.0 Å². The molecule has 1 atom stereocenters. The van der Waals surface area contributed by atoms with E-state index in [9.17, 15) is 10.1 Å². The molecule has 1 aromatic heterocycles. The van der Waals surface area contributed by atoms with Crippen molar-refractivity contribution in [3.05, 3.63) is 52.8 Å². The molecule has 2 aromatic carbocycles. The first-order chi connectivity index (χ1) is 14.0. The van der Waals surface area contributed by atoms with Gasteiger partial charge in [-0.25, -0.2) is 14.8 Å². The summed E-state index contributed by atoms with van der Waals surface area (Å²) in [5.41, 5.74) is 7.84. The zero-order valence-electron chi connectivity index (χ0n) is 15.2. The van der Waals surface area contributed by atoms with Gasteiger partial charge in [0.15, 0.2) is 0 Å². The molecular weight excluding hydrogens is 411 g/mol. The highest BCUT2D eigenvalue weighted by atomic mass is 35.5. The number of aromatic nitrogens is 2. The van der Waals surface area contributed by atoms with Gasteiger partial charge in [0, 0.05) is 29.1 Å². The summed E-state index contributed by atoms with van der Waals surface area (Å²) >= 11 is 12.5. The second-order valence-electron chi connectivity index (χ2n) is 6.68. The van der Waals surface area contributed by atoms with E-state index >= 15 is 0 Å². The van der Waals surface area contributed by atoms with Crippen LogP contribution in [0.4, 0.5) is 10.6 Å². The number of benzene rings is 2. The highest BCUT2D eigenvalue weighted by molar-refractivity contribution is 6.34. The van der Waals surface area contributed by atoms with Crippen LogP contribution in [0.2, 0.25) is 10.0 Å². The highest BCUT2D eigenvalue weighted by Crippen LogP contribution is 2.35. The van der Waals surface area contributed by atoms with Crippen LogP contribution in [0.3, 0.4) is 0 Å². The Morgan fingerprint density at radius 2 is 1.93 bits per heavy atom. The molecule has 4 rings (SSSR count). The number of nitrogens with zero attached hydrogens (tertiary/aromatic N) is 5. The van der Waals surface area contributed by atoms with Gasteiger partial charge in [-0.15, -0.1) is 0 Å². The van der Waals surface area contributed by atoms with Gasteiger partial charge in [0.05, 0.1) is 23.2 Å². The van der Waals surface area contributed by atoms with Gasteiger partial charge in [-0.2, -0.15) is 5.26 Å². The van der Waals surface area contributed by atoms with Gasteiger partial charge in [0.2, 0.25) is 0 Å². The van der Waals surface area contributed by atoms with Crippen molar-refractivity contribution in [3.63, 3.8) is 0 Å². The summed E-state index contributed by atoms with van der Waals surface area (Å²) in [6.45, 7) is 1.16. The van der Waals surface area contributed by atoms with Gasteiger partial charge in [0.25, 0.3) is 0 Å². The fraction of sp³-hybridized carbons (Fsp3) is 0.200. The quantitative estimate of drug-likeness (QED) is 0.673. The number of primary amides is 1. The van der Waals surface area contributed by atoms with Crippen LogP contribution in [0.1, 0.15) is 0 Å². The Bertz CT molecular complexity index is 1130. The molecule has 3 aromatic rings. The van der Waals surface area contributed by atoms with E-state index < -0.39 is 12.1 Å². The van der Waals surface area contributed by atoms with Crippen molar-refractivity contribution in [1.29, 1.82) is 5.26 Å². The Balaban J connectivity index is 1.78. The predicted molar refractivity (Wildman–Crippen MR) is 113 cm³/mol. The Morgan fingerprint density at radius 1 is 1.17 bits per heavy atom. The van der Waals surface area contributed by atoms with Crippen LogP contribution in [-0.2, 0) is 0 Å². The number of halogens is 2. The molecule has 1 aliphatic rings. The van der Waals surface area contributed by atoms with E-state index in [1.165, 1.54) is 11.2 Å². The molecule has 9 heteroatoms.